The number of hydrogen-bond acceptors (Lipinski definition) is 5. The highest BCUT2D eigenvalue weighted by Crippen LogP contribution is 2.44. The lowest BCUT2D eigenvalue weighted by Gasteiger charge is -2.34. The van der Waals surface area contributed by atoms with Crippen LogP contribution in [-0.2, 0) is 0 Å². The van der Waals surface area contributed by atoms with Gasteiger partial charge in [0.25, 0.3) is 5.56 Å². The topological polar surface area (TPSA) is 68.0 Å². The average molecular weight is 364 g/mol. The second-order valence-electron chi connectivity index (χ2n) is 6.25. The number of aliphatic hydroxyl groups is 1. The Morgan fingerprint density at radius 3 is 2.96 bits per heavy atom. The van der Waals surface area contributed by atoms with Gasteiger partial charge in [0.05, 0.1) is 29.4 Å². The van der Waals surface area contributed by atoms with E-state index in [0.29, 0.717) is 16.1 Å². The smallest absolute Gasteiger partial charge is 0.262 e. The van der Waals surface area contributed by atoms with Gasteiger partial charge in [0.2, 0.25) is 0 Å². The molecule has 1 saturated heterocycles. The van der Waals surface area contributed by atoms with Crippen molar-refractivity contribution in [3.05, 3.63) is 39.7 Å². The Morgan fingerprint density at radius 2 is 2.25 bits per heavy atom. The summed E-state index contributed by atoms with van der Waals surface area (Å²) in [6.45, 7) is 0.144. The Labute approximate surface area is 148 Å². The summed E-state index contributed by atoms with van der Waals surface area (Å²) in [5.41, 5.74) is 2.43. The van der Waals surface area contributed by atoms with Gasteiger partial charge in [-0.1, -0.05) is 17.7 Å². The molecular weight excluding hydrogens is 346 g/mol. The van der Waals surface area contributed by atoms with Gasteiger partial charge in [-0.25, -0.2) is 9.97 Å². The van der Waals surface area contributed by atoms with Gasteiger partial charge in [0.15, 0.2) is 0 Å². The summed E-state index contributed by atoms with van der Waals surface area (Å²) in [6.07, 6.45) is 8.87. The highest BCUT2D eigenvalue weighted by molar-refractivity contribution is 8.01. The van der Waals surface area contributed by atoms with Crippen molar-refractivity contribution < 1.29 is 5.11 Å². The first kappa shape index (κ1) is 16.1. The molecule has 2 aromatic heterocycles. The van der Waals surface area contributed by atoms with Crippen LogP contribution < -0.4 is 5.56 Å². The molecule has 0 aromatic carbocycles. The van der Waals surface area contributed by atoms with Crippen molar-refractivity contribution in [2.75, 3.05) is 6.61 Å². The van der Waals surface area contributed by atoms with Crippen molar-refractivity contribution >= 4 is 39.8 Å². The minimum absolute atomic E-state index is 0.0378. The molecular formula is C17H18ClN3O2S. The van der Waals surface area contributed by atoms with Crippen LogP contribution in [0.1, 0.15) is 43.2 Å². The molecule has 1 aliphatic heterocycles. The van der Waals surface area contributed by atoms with Gasteiger partial charge in [0, 0.05) is 5.25 Å². The molecule has 2 unspecified atom stereocenters. The fourth-order valence-corrected chi connectivity index (χ4v) is 4.61. The molecule has 3 heterocycles. The average Bonchev–Trinajstić information content (AvgIpc) is 2.56. The van der Waals surface area contributed by atoms with Gasteiger partial charge in [-0.05, 0) is 43.7 Å². The maximum absolute atomic E-state index is 12.9. The molecule has 0 amide bonds. The summed E-state index contributed by atoms with van der Waals surface area (Å²) in [4.78, 5) is 21.9. The van der Waals surface area contributed by atoms with Crippen LogP contribution in [0.25, 0.3) is 16.5 Å². The summed E-state index contributed by atoms with van der Waals surface area (Å²) in [6, 6.07) is 1.61. The van der Waals surface area contributed by atoms with E-state index in [4.69, 9.17) is 16.7 Å². The monoisotopic (exact) mass is 363 g/mol. The number of aromatic nitrogens is 3. The zero-order valence-corrected chi connectivity index (χ0v) is 14.7. The molecule has 2 aromatic rings. The molecule has 0 bridgehead atoms. The van der Waals surface area contributed by atoms with Gasteiger partial charge in [-0.15, -0.1) is 11.8 Å². The van der Waals surface area contributed by atoms with E-state index in [9.17, 15) is 4.79 Å². The largest absolute Gasteiger partial charge is 0.395 e. The predicted molar refractivity (Wildman–Crippen MR) is 97.4 cm³/mol. The van der Waals surface area contributed by atoms with Crippen LogP contribution in [0, 0.1) is 0 Å². The van der Waals surface area contributed by atoms with Gasteiger partial charge < -0.3 is 5.11 Å². The number of aliphatic hydroxyl groups excluding tert-OH is 1. The maximum Gasteiger partial charge on any atom is 0.262 e. The van der Waals surface area contributed by atoms with Crippen LogP contribution in [-0.4, -0.2) is 31.5 Å². The van der Waals surface area contributed by atoms with Gasteiger partial charge in [0.1, 0.15) is 10.7 Å². The van der Waals surface area contributed by atoms with Gasteiger partial charge in [-0.3, -0.25) is 9.36 Å². The van der Waals surface area contributed by atoms with E-state index in [-0.39, 0.29) is 22.8 Å². The molecule has 1 aliphatic carbocycles. The van der Waals surface area contributed by atoms with Crippen molar-refractivity contribution in [3.63, 3.8) is 0 Å². The lowest BCUT2D eigenvalue weighted by Crippen LogP contribution is -2.34. The van der Waals surface area contributed by atoms with Crippen LogP contribution in [0.5, 0.6) is 0 Å². The molecule has 2 atom stereocenters. The van der Waals surface area contributed by atoms with E-state index in [1.54, 1.807) is 28.7 Å². The number of hydrogen-bond donors (Lipinski definition) is 1. The zero-order valence-electron chi connectivity index (χ0n) is 13.1. The van der Waals surface area contributed by atoms with Crippen LogP contribution in [0.2, 0.25) is 5.15 Å². The number of nitrogens with zero attached hydrogens (tertiary/aromatic N) is 3. The number of pyridine rings is 1. The number of rotatable bonds is 3. The Balaban J connectivity index is 1.81. The maximum atomic E-state index is 12.9. The van der Waals surface area contributed by atoms with E-state index < -0.39 is 0 Å². The second-order valence-corrected chi connectivity index (χ2v) is 8.12. The van der Waals surface area contributed by atoms with Crippen LogP contribution in [0.3, 0.4) is 0 Å². The summed E-state index contributed by atoms with van der Waals surface area (Å²) < 4.78 is 1.65. The Bertz CT molecular complexity index is 874. The molecule has 7 heteroatoms. The molecule has 0 radical (unpaired) electrons. The molecule has 4 rings (SSSR count). The van der Waals surface area contributed by atoms with E-state index in [2.05, 4.69) is 16.0 Å². The first-order valence-electron chi connectivity index (χ1n) is 8.20. The number of halogens is 1. The third-order valence-corrected chi connectivity index (χ3v) is 6.31. The minimum atomic E-state index is -0.0872. The van der Waals surface area contributed by atoms with Crippen molar-refractivity contribution in [1.29, 1.82) is 0 Å². The summed E-state index contributed by atoms with van der Waals surface area (Å²) >= 11 is 7.79. The highest BCUT2D eigenvalue weighted by atomic mass is 35.5. The molecule has 1 fully saturated rings. The predicted octanol–water partition coefficient (Wildman–Crippen LogP) is 3.40. The number of thioether (sulfide) groups is 1. The van der Waals surface area contributed by atoms with Crippen molar-refractivity contribution in [1.82, 2.24) is 14.5 Å². The standard InChI is InChI=1S/C17H18ClN3O2S/c18-13-7-12-16(15(20-13)10-4-2-1-3-5-10)19-9-21(17(12)23)14-6-11(8-22)24-14/h4,7,9,11,14,22H,1-3,5-6,8H2. The third-order valence-electron chi connectivity index (χ3n) is 4.66. The van der Waals surface area contributed by atoms with E-state index in [1.807, 2.05) is 0 Å². The lowest BCUT2D eigenvalue weighted by atomic mass is 9.96. The van der Waals surface area contributed by atoms with Gasteiger partial charge >= 0.3 is 0 Å². The van der Waals surface area contributed by atoms with E-state index in [0.717, 1.165) is 37.0 Å². The normalized spacial score (nSPS) is 23.8. The molecule has 0 saturated carbocycles. The van der Waals surface area contributed by atoms with E-state index >= 15 is 0 Å². The first-order chi connectivity index (χ1) is 11.7. The SMILES string of the molecule is O=c1c2cc(Cl)nc(C3=CCCCC3)c2ncn1C1CC(CO)S1. The molecule has 126 valence electrons. The Kier molecular flexibility index (Phi) is 4.37. The van der Waals surface area contributed by atoms with Crippen molar-refractivity contribution in [2.45, 2.75) is 42.7 Å². The molecule has 5 nitrogen and oxygen atoms in total. The summed E-state index contributed by atoms with van der Waals surface area (Å²) in [5, 5.41) is 10.2. The minimum Gasteiger partial charge on any atom is -0.395 e. The highest BCUT2D eigenvalue weighted by Gasteiger charge is 2.32. The fourth-order valence-electron chi connectivity index (χ4n) is 3.33. The van der Waals surface area contributed by atoms with Crippen molar-refractivity contribution in [3.8, 4) is 0 Å². The number of allylic oxidation sites excluding steroid dienone is 2. The van der Waals surface area contributed by atoms with Gasteiger partial charge in [-0.2, -0.15) is 0 Å². The Morgan fingerprint density at radius 1 is 1.42 bits per heavy atom. The Hall–Kier alpha value is -1.37. The molecule has 0 spiro atoms. The third kappa shape index (κ3) is 2.76. The summed E-state index contributed by atoms with van der Waals surface area (Å²) in [5.74, 6) is 0. The lowest BCUT2D eigenvalue weighted by molar-refractivity contribution is 0.276. The summed E-state index contributed by atoms with van der Waals surface area (Å²) in [7, 11) is 0. The first-order valence-corrected chi connectivity index (χ1v) is 9.52. The second kappa shape index (κ2) is 6.50. The van der Waals surface area contributed by atoms with E-state index in [1.165, 1.54) is 6.42 Å². The molecule has 24 heavy (non-hydrogen) atoms. The quantitative estimate of drug-likeness (QED) is 0.846. The zero-order chi connectivity index (χ0) is 16.7. The van der Waals surface area contributed by atoms with Crippen LogP contribution in [0.4, 0.5) is 0 Å². The van der Waals surface area contributed by atoms with Crippen molar-refractivity contribution in [2.24, 2.45) is 0 Å². The number of fused-ring (bicyclic) bond motifs is 1. The van der Waals surface area contributed by atoms with Crippen LogP contribution in [0.15, 0.2) is 23.3 Å². The fraction of sp³-hybridized carbons (Fsp3) is 0.471. The molecule has 2 aliphatic rings. The molecule has 1 N–H and O–H groups in total. The van der Waals surface area contributed by atoms with Crippen LogP contribution >= 0.6 is 23.4 Å².